The summed E-state index contributed by atoms with van der Waals surface area (Å²) < 4.78 is 2.37. The van der Waals surface area contributed by atoms with Crippen molar-refractivity contribution in [1.82, 2.24) is 4.57 Å². The minimum absolute atomic E-state index is 1.07. The van der Waals surface area contributed by atoms with Crippen LogP contribution in [0.4, 0.5) is 11.4 Å². The Morgan fingerprint density at radius 1 is 0.318 bits per heavy atom. The van der Waals surface area contributed by atoms with E-state index in [-0.39, 0.29) is 0 Å². The number of nitrogens with zero attached hydrogens (tertiary/aromatic N) is 1. The highest BCUT2D eigenvalue weighted by Gasteiger charge is 2.13. The van der Waals surface area contributed by atoms with Crippen molar-refractivity contribution in [1.29, 1.82) is 0 Å². The number of para-hydroxylation sites is 1. The average molecular weight is 563 g/mol. The fourth-order valence-corrected chi connectivity index (χ4v) is 6.15. The van der Waals surface area contributed by atoms with Gasteiger partial charge in [0, 0.05) is 27.8 Å². The standard InChI is InChI=1S/C42H30N2/c1-3-9-30(10-4-1)32-15-22-36(23-16-32)43-37-24-17-33(18-25-37)34-19-26-38(27-20-34)44-41-14-8-7-13-39(41)40-29-35(21-28-42(40)44)31-11-5-2-6-12-31/h1-29,43H. The molecule has 2 heteroatoms. The molecule has 0 spiro atoms. The van der Waals surface area contributed by atoms with Crippen LogP contribution in [-0.4, -0.2) is 4.57 Å². The second kappa shape index (κ2) is 11.1. The van der Waals surface area contributed by atoms with E-state index in [4.69, 9.17) is 0 Å². The van der Waals surface area contributed by atoms with Gasteiger partial charge in [0.25, 0.3) is 0 Å². The van der Waals surface area contributed by atoms with Gasteiger partial charge in [0.15, 0.2) is 0 Å². The molecule has 2 nitrogen and oxygen atoms in total. The van der Waals surface area contributed by atoms with Gasteiger partial charge in [-0.3, -0.25) is 0 Å². The molecule has 8 aromatic rings. The zero-order valence-electron chi connectivity index (χ0n) is 24.2. The molecule has 1 heterocycles. The van der Waals surface area contributed by atoms with E-state index in [1.54, 1.807) is 0 Å². The SMILES string of the molecule is c1ccc(-c2ccc(Nc3ccc(-c4ccc(-n5c6ccccc6c6cc(-c7ccccc7)ccc65)cc4)cc3)cc2)cc1. The number of fused-ring (bicyclic) bond motifs is 3. The molecule has 0 unspecified atom stereocenters. The predicted octanol–water partition coefficient (Wildman–Crippen LogP) is 11.5. The summed E-state index contributed by atoms with van der Waals surface area (Å²) in [6.07, 6.45) is 0. The fraction of sp³-hybridized carbons (Fsp3) is 0. The normalized spacial score (nSPS) is 11.2. The van der Waals surface area contributed by atoms with Gasteiger partial charge in [0.2, 0.25) is 0 Å². The van der Waals surface area contributed by atoms with E-state index >= 15 is 0 Å². The Labute approximate surface area is 257 Å². The molecule has 7 aromatic carbocycles. The minimum atomic E-state index is 1.07. The van der Waals surface area contributed by atoms with Crippen molar-refractivity contribution in [2.45, 2.75) is 0 Å². The molecule has 44 heavy (non-hydrogen) atoms. The van der Waals surface area contributed by atoms with E-state index < -0.39 is 0 Å². The summed E-state index contributed by atoms with van der Waals surface area (Å²) in [5, 5.41) is 6.07. The van der Waals surface area contributed by atoms with Crippen LogP contribution < -0.4 is 5.32 Å². The maximum Gasteiger partial charge on any atom is 0.0541 e. The highest BCUT2D eigenvalue weighted by atomic mass is 15.0. The molecule has 0 radical (unpaired) electrons. The number of rotatable bonds is 6. The van der Waals surface area contributed by atoms with E-state index in [2.05, 4.69) is 180 Å². The molecule has 1 N–H and O–H groups in total. The van der Waals surface area contributed by atoms with Gasteiger partial charge in [-0.15, -0.1) is 0 Å². The van der Waals surface area contributed by atoms with Crippen LogP contribution in [-0.2, 0) is 0 Å². The van der Waals surface area contributed by atoms with Gasteiger partial charge < -0.3 is 9.88 Å². The highest BCUT2D eigenvalue weighted by molar-refractivity contribution is 6.10. The van der Waals surface area contributed by atoms with Gasteiger partial charge in [-0.1, -0.05) is 121 Å². The lowest BCUT2D eigenvalue weighted by atomic mass is 10.0. The molecule has 0 aliphatic heterocycles. The molecule has 1 aromatic heterocycles. The summed E-state index contributed by atoms with van der Waals surface area (Å²) >= 11 is 0. The maximum absolute atomic E-state index is 3.53. The number of hydrogen-bond donors (Lipinski definition) is 1. The van der Waals surface area contributed by atoms with E-state index in [1.807, 2.05) is 6.07 Å². The number of hydrogen-bond acceptors (Lipinski definition) is 1. The van der Waals surface area contributed by atoms with Gasteiger partial charge in [0.05, 0.1) is 11.0 Å². The number of benzene rings is 7. The quantitative estimate of drug-likeness (QED) is 0.213. The number of aromatic nitrogens is 1. The second-order valence-corrected chi connectivity index (χ2v) is 11.1. The first-order valence-corrected chi connectivity index (χ1v) is 15.0. The first kappa shape index (κ1) is 25.8. The van der Waals surface area contributed by atoms with Crippen molar-refractivity contribution in [3.8, 4) is 39.1 Å². The maximum atomic E-state index is 3.53. The molecule has 0 atom stereocenters. The topological polar surface area (TPSA) is 17.0 Å². The first-order chi connectivity index (χ1) is 21.8. The van der Waals surface area contributed by atoms with Crippen molar-refractivity contribution in [2.24, 2.45) is 0 Å². The van der Waals surface area contributed by atoms with Gasteiger partial charge in [-0.2, -0.15) is 0 Å². The first-order valence-electron chi connectivity index (χ1n) is 15.0. The van der Waals surface area contributed by atoms with E-state index in [0.29, 0.717) is 0 Å². The second-order valence-electron chi connectivity index (χ2n) is 11.1. The van der Waals surface area contributed by atoms with Crippen molar-refractivity contribution in [2.75, 3.05) is 5.32 Å². The van der Waals surface area contributed by atoms with Crippen LogP contribution in [0.1, 0.15) is 0 Å². The predicted molar refractivity (Wildman–Crippen MR) is 187 cm³/mol. The monoisotopic (exact) mass is 562 g/mol. The summed E-state index contributed by atoms with van der Waals surface area (Å²) in [7, 11) is 0. The third-order valence-corrected chi connectivity index (χ3v) is 8.40. The van der Waals surface area contributed by atoms with Crippen molar-refractivity contribution in [3.63, 3.8) is 0 Å². The Kier molecular flexibility index (Phi) is 6.51. The molecule has 0 fully saturated rings. The number of anilines is 2. The smallest absolute Gasteiger partial charge is 0.0541 e. The molecule has 8 rings (SSSR count). The third-order valence-electron chi connectivity index (χ3n) is 8.40. The lowest BCUT2D eigenvalue weighted by Crippen LogP contribution is -1.94. The molecule has 0 aliphatic rings. The molecule has 0 aliphatic carbocycles. The van der Waals surface area contributed by atoms with Crippen LogP contribution in [0.15, 0.2) is 176 Å². The van der Waals surface area contributed by atoms with E-state index in [1.165, 1.54) is 55.2 Å². The zero-order valence-corrected chi connectivity index (χ0v) is 24.2. The summed E-state index contributed by atoms with van der Waals surface area (Å²) in [4.78, 5) is 0. The van der Waals surface area contributed by atoms with E-state index in [0.717, 1.165) is 17.1 Å². The average Bonchev–Trinajstić information content (AvgIpc) is 3.43. The molecule has 0 saturated carbocycles. The zero-order chi connectivity index (χ0) is 29.3. The van der Waals surface area contributed by atoms with Gasteiger partial charge in [-0.25, -0.2) is 0 Å². The lowest BCUT2D eigenvalue weighted by Gasteiger charge is -2.11. The van der Waals surface area contributed by atoms with Crippen LogP contribution in [0.5, 0.6) is 0 Å². The Bertz CT molecular complexity index is 2190. The van der Waals surface area contributed by atoms with E-state index in [9.17, 15) is 0 Å². The summed E-state index contributed by atoms with van der Waals surface area (Å²) in [5.74, 6) is 0. The Hall–Kier alpha value is -5.86. The highest BCUT2D eigenvalue weighted by Crippen LogP contribution is 2.35. The van der Waals surface area contributed by atoms with Crippen LogP contribution in [0.2, 0.25) is 0 Å². The third kappa shape index (κ3) is 4.83. The molecule has 0 amide bonds. The van der Waals surface area contributed by atoms with Crippen LogP contribution in [0.3, 0.4) is 0 Å². The van der Waals surface area contributed by atoms with Gasteiger partial charge in [-0.05, 0) is 88.0 Å². The lowest BCUT2D eigenvalue weighted by molar-refractivity contribution is 1.18. The van der Waals surface area contributed by atoms with Crippen molar-refractivity contribution in [3.05, 3.63) is 176 Å². The summed E-state index contributed by atoms with van der Waals surface area (Å²) in [6, 6.07) is 62.7. The molecule has 0 bridgehead atoms. The van der Waals surface area contributed by atoms with Crippen LogP contribution in [0, 0.1) is 0 Å². The molecular weight excluding hydrogens is 532 g/mol. The van der Waals surface area contributed by atoms with Gasteiger partial charge in [0.1, 0.15) is 0 Å². The fourth-order valence-electron chi connectivity index (χ4n) is 6.15. The van der Waals surface area contributed by atoms with Crippen molar-refractivity contribution >= 4 is 33.2 Å². The molecule has 0 saturated heterocycles. The molecular formula is C42H30N2. The number of nitrogens with one attached hydrogen (secondary N) is 1. The van der Waals surface area contributed by atoms with Crippen LogP contribution >= 0.6 is 0 Å². The Balaban J connectivity index is 1.05. The molecule has 208 valence electrons. The Morgan fingerprint density at radius 2 is 0.750 bits per heavy atom. The minimum Gasteiger partial charge on any atom is -0.356 e. The van der Waals surface area contributed by atoms with Crippen LogP contribution in [0.25, 0.3) is 60.9 Å². The van der Waals surface area contributed by atoms with Crippen molar-refractivity contribution < 1.29 is 0 Å². The van der Waals surface area contributed by atoms with Gasteiger partial charge >= 0.3 is 0 Å². The largest absolute Gasteiger partial charge is 0.356 e. The summed E-state index contributed by atoms with van der Waals surface area (Å²) in [6.45, 7) is 0. The Morgan fingerprint density at radius 3 is 1.34 bits per heavy atom. The summed E-state index contributed by atoms with van der Waals surface area (Å²) in [5.41, 5.74) is 13.0.